The number of carbonyl (C=O) groups excluding carboxylic acids is 3. The van der Waals surface area contributed by atoms with Gasteiger partial charge in [0.2, 0.25) is 5.91 Å². The number of hydrogen-bond acceptors (Lipinski definition) is 6. The smallest absolute Gasteiger partial charge is 0.408 e. The SMILES string of the molecule is COc1ccc([C@@H](C)NC(=O)c2ccccc2CNC(=O)CNC(=O)OC(C)(C)C)cc1OC. The number of hydrogen-bond donors (Lipinski definition) is 3. The third-order valence-corrected chi connectivity index (χ3v) is 4.79. The van der Waals surface area contributed by atoms with E-state index in [9.17, 15) is 14.4 Å². The summed E-state index contributed by atoms with van der Waals surface area (Å²) >= 11 is 0. The predicted octanol–water partition coefficient (Wildman–Crippen LogP) is 3.34. The highest BCUT2D eigenvalue weighted by Gasteiger charge is 2.18. The Bertz CT molecular complexity index is 1020. The Morgan fingerprint density at radius 2 is 1.62 bits per heavy atom. The van der Waals surface area contributed by atoms with Crippen LogP contribution in [0.3, 0.4) is 0 Å². The summed E-state index contributed by atoms with van der Waals surface area (Å²) in [5, 5.41) is 8.08. The average Bonchev–Trinajstić information content (AvgIpc) is 2.79. The van der Waals surface area contributed by atoms with Crippen molar-refractivity contribution in [2.45, 2.75) is 45.9 Å². The topological polar surface area (TPSA) is 115 Å². The van der Waals surface area contributed by atoms with Gasteiger partial charge in [-0.15, -0.1) is 0 Å². The Balaban J connectivity index is 1.98. The van der Waals surface area contributed by atoms with E-state index in [1.165, 1.54) is 0 Å². The van der Waals surface area contributed by atoms with Crippen molar-refractivity contribution in [1.82, 2.24) is 16.0 Å². The van der Waals surface area contributed by atoms with E-state index in [0.29, 0.717) is 22.6 Å². The normalized spacial score (nSPS) is 11.7. The zero-order valence-corrected chi connectivity index (χ0v) is 20.5. The van der Waals surface area contributed by atoms with Crippen LogP contribution in [-0.4, -0.2) is 44.3 Å². The van der Waals surface area contributed by atoms with Gasteiger partial charge >= 0.3 is 6.09 Å². The third-order valence-electron chi connectivity index (χ3n) is 4.79. The summed E-state index contributed by atoms with van der Waals surface area (Å²) in [5.41, 5.74) is 1.28. The lowest BCUT2D eigenvalue weighted by Gasteiger charge is -2.19. The molecule has 3 N–H and O–H groups in total. The average molecular weight is 472 g/mol. The molecule has 0 spiro atoms. The van der Waals surface area contributed by atoms with Crippen molar-refractivity contribution >= 4 is 17.9 Å². The fourth-order valence-corrected chi connectivity index (χ4v) is 3.10. The zero-order valence-electron chi connectivity index (χ0n) is 20.5. The molecular formula is C25H33N3O6. The highest BCUT2D eigenvalue weighted by atomic mass is 16.6. The summed E-state index contributed by atoms with van der Waals surface area (Å²) in [4.78, 5) is 36.8. The number of methoxy groups -OCH3 is 2. The molecule has 3 amide bonds. The Morgan fingerprint density at radius 1 is 0.941 bits per heavy atom. The van der Waals surface area contributed by atoms with Gasteiger partial charge in [0.15, 0.2) is 11.5 Å². The number of nitrogens with one attached hydrogen (secondary N) is 3. The van der Waals surface area contributed by atoms with Crippen LogP contribution >= 0.6 is 0 Å². The van der Waals surface area contributed by atoms with E-state index in [1.807, 2.05) is 19.1 Å². The van der Waals surface area contributed by atoms with Gasteiger partial charge in [-0.05, 0) is 57.0 Å². The molecule has 0 aromatic heterocycles. The van der Waals surface area contributed by atoms with Crippen LogP contribution in [0.15, 0.2) is 42.5 Å². The van der Waals surface area contributed by atoms with Crippen molar-refractivity contribution in [3.8, 4) is 11.5 Å². The van der Waals surface area contributed by atoms with E-state index in [-0.39, 0.29) is 25.0 Å². The molecule has 184 valence electrons. The van der Waals surface area contributed by atoms with Gasteiger partial charge in [0.1, 0.15) is 12.1 Å². The third kappa shape index (κ3) is 7.99. The second-order valence-electron chi connectivity index (χ2n) is 8.60. The first-order valence-electron chi connectivity index (χ1n) is 10.9. The number of benzene rings is 2. The van der Waals surface area contributed by atoms with Gasteiger partial charge in [0.05, 0.1) is 20.3 Å². The van der Waals surface area contributed by atoms with E-state index in [1.54, 1.807) is 65.3 Å². The zero-order chi connectivity index (χ0) is 25.3. The van der Waals surface area contributed by atoms with Crippen molar-refractivity contribution in [3.05, 3.63) is 59.2 Å². The van der Waals surface area contributed by atoms with Crippen molar-refractivity contribution < 1.29 is 28.6 Å². The first kappa shape index (κ1) is 26.5. The number of amides is 3. The molecule has 9 nitrogen and oxygen atoms in total. The Morgan fingerprint density at radius 3 is 2.26 bits per heavy atom. The van der Waals surface area contributed by atoms with Crippen LogP contribution < -0.4 is 25.4 Å². The number of rotatable bonds is 9. The number of ether oxygens (including phenoxy) is 3. The summed E-state index contributed by atoms with van der Waals surface area (Å²) < 4.78 is 15.7. The lowest BCUT2D eigenvalue weighted by atomic mass is 10.0. The largest absolute Gasteiger partial charge is 0.493 e. The molecule has 0 aliphatic heterocycles. The number of carbonyl (C=O) groups is 3. The van der Waals surface area contributed by atoms with Crippen LogP contribution in [0.5, 0.6) is 11.5 Å². The molecule has 0 radical (unpaired) electrons. The van der Waals surface area contributed by atoms with Crippen LogP contribution in [0.1, 0.15) is 55.2 Å². The molecule has 2 aromatic rings. The summed E-state index contributed by atoms with van der Waals surface area (Å²) in [6, 6.07) is 12.2. The first-order chi connectivity index (χ1) is 16.0. The Hall–Kier alpha value is -3.75. The molecule has 0 unspecified atom stereocenters. The minimum Gasteiger partial charge on any atom is -0.493 e. The van der Waals surface area contributed by atoms with E-state index < -0.39 is 17.6 Å². The molecule has 0 saturated carbocycles. The molecule has 0 fully saturated rings. The van der Waals surface area contributed by atoms with Gasteiger partial charge in [-0.3, -0.25) is 9.59 Å². The van der Waals surface area contributed by atoms with Gasteiger partial charge in [0, 0.05) is 12.1 Å². The summed E-state index contributed by atoms with van der Waals surface area (Å²) in [5.74, 6) is 0.495. The standard InChI is InChI=1S/C25H33N3O6/c1-16(17-11-12-20(32-5)21(13-17)33-6)28-23(30)19-10-8-7-9-18(19)14-26-22(29)15-27-24(31)34-25(2,3)4/h7-13,16H,14-15H2,1-6H3,(H,26,29)(H,27,31)(H,28,30)/t16-/m1/s1. The summed E-state index contributed by atoms with van der Waals surface area (Å²) in [7, 11) is 3.12. The fourth-order valence-electron chi connectivity index (χ4n) is 3.10. The minimum absolute atomic E-state index is 0.128. The molecule has 0 heterocycles. The van der Waals surface area contributed by atoms with Crippen molar-refractivity contribution in [1.29, 1.82) is 0 Å². The van der Waals surface area contributed by atoms with Crippen molar-refractivity contribution in [2.24, 2.45) is 0 Å². The molecule has 34 heavy (non-hydrogen) atoms. The molecule has 2 rings (SSSR count). The van der Waals surface area contributed by atoms with E-state index in [2.05, 4.69) is 16.0 Å². The molecule has 0 aliphatic carbocycles. The van der Waals surface area contributed by atoms with Crippen molar-refractivity contribution in [2.75, 3.05) is 20.8 Å². The predicted molar refractivity (Wildman–Crippen MR) is 128 cm³/mol. The maximum atomic E-state index is 13.0. The lowest BCUT2D eigenvalue weighted by Crippen LogP contribution is -2.39. The lowest BCUT2D eigenvalue weighted by molar-refractivity contribution is -0.120. The van der Waals surface area contributed by atoms with Crippen LogP contribution in [0.4, 0.5) is 4.79 Å². The Labute approximate surface area is 200 Å². The maximum absolute atomic E-state index is 13.0. The van der Waals surface area contributed by atoms with E-state index in [0.717, 1.165) is 5.56 Å². The van der Waals surface area contributed by atoms with Crippen LogP contribution in [0.25, 0.3) is 0 Å². The van der Waals surface area contributed by atoms with Gasteiger partial charge in [0.25, 0.3) is 5.91 Å². The molecule has 0 saturated heterocycles. The minimum atomic E-state index is -0.674. The summed E-state index contributed by atoms with van der Waals surface area (Å²) in [6.07, 6.45) is -0.674. The summed E-state index contributed by atoms with van der Waals surface area (Å²) in [6.45, 7) is 6.97. The first-order valence-corrected chi connectivity index (χ1v) is 10.9. The van der Waals surface area contributed by atoms with Gasteiger partial charge in [-0.2, -0.15) is 0 Å². The fraction of sp³-hybridized carbons (Fsp3) is 0.400. The van der Waals surface area contributed by atoms with Gasteiger partial charge in [-0.1, -0.05) is 24.3 Å². The molecule has 9 heteroatoms. The van der Waals surface area contributed by atoms with Gasteiger partial charge < -0.3 is 30.2 Å². The van der Waals surface area contributed by atoms with Crippen LogP contribution in [0, 0.1) is 0 Å². The monoisotopic (exact) mass is 471 g/mol. The van der Waals surface area contributed by atoms with Gasteiger partial charge in [-0.25, -0.2) is 4.79 Å². The number of alkyl carbamates (subject to hydrolysis) is 1. The highest BCUT2D eigenvalue weighted by molar-refractivity contribution is 5.96. The molecule has 2 aromatic carbocycles. The molecule has 1 atom stereocenters. The molecule has 0 aliphatic rings. The van der Waals surface area contributed by atoms with Crippen LogP contribution in [-0.2, 0) is 16.1 Å². The second-order valence-corrected chi connectivity index (χ2v) is 8.60. The molecular weight excluding hydrogens is 438 g/mol. The van der Waals surface area contributed by atoms with E-state index >= 15 is 0 Å². The second kappa shape index (κ2) is 11.9. The maximum Gasteiger partial charge on any atom is 0.408 e. The van der Waals surface area contributed by atoms with Crippen molar-refractivity contribution in [3.63, 3.8) is 0 Å². The van der Waals surface area contributed by atoms with Crippen LogP contribution in [0.2, 0.25) is 0 Å². The van der Waals surface area contributed by atoms with E-state index in [4.69, 9.17) is 14.2 Å². The quantitative estimate of drug-likeness (QED) is 0.517. The Kier molecular flexibility index (Phi) is 9.29. The molecule has 0 bridgehead atoms. The highest BCUT2D eigenvalue weighted by Crippen LogP contribution is 2.30.